The number of rotatable bonds is 2. The minimum Gasteiger partial charge on any atom is -0.496 e. The molecule has 0 bridgehead atoms. The molecule has 0 aliphatic carbocycles. The average molecular weight is 236 g/mol. The molecule has 17 heavy (non-hydrogen) atoms. The molecular formula is C13H13FO3. The van der Waals surface area contributed by atoms with Crippen LogP contribution < -0.4 is 4.74 Å². The fourth-order valence-corrected chi connectivity index (χ4v) is 2.03. The molecule has 90 valence electrons. The highest BCUT2D eigenvalue weighted by Crippen LogP contribution is 2.39. The van der Waals surface area contributed by atoms with Crippen LogP contribution in [0.25, 0.3) is 0 Å². The molecule has 1 atom stereocenters. The molecule has 0 saturated carbocycles. The van der Waals surface area contributed by atoms with Crippen molar-refractivity contribution in [3.05, 3.63) is 41.9 Å². The second-order valence-corrected chi connectivity index (χ2v) is 4.11. The molecule has 0 radical (unpaired) electrons. The quantitative estimate of drug-likeness (QED) is 0.791. The first-order valence-corrected chi connectivity index (χ1v) is 5.27. The van der Waals surface area contributed by atoms with Crippen LogP contribution >= 0.6 is 0 Å². The van der Waals surface area contributed by atoms with Gasteiger partial charge in [-0.25, -0.2) is 4.39 Å². The number of carbonyl (C=O) groups excluding carboxylic acids is 1. The molecule has 2 rings (SSSR count). The van der Waals surface area contributed by atoms with Gasteiger partial charge < -0.3 is 9.47 Å². The minimum absolute atomic E-state index is 0.0935. The number of carbonyl (C=O) groups is 1. The standard InChI is InChI=1S/C13H13FO3/c1-13(8-9(15)6-7-17-13)12-10(14)4-3-5-11(12)16-2/h3-7H,8H2,1-2H3. The van der Waals surface area contributed by atoms with Crippen LogP contribution in [0.15, 0.2) is 30.5 Å². The zero-order valence-electron chi connectivity index (χ0n) is 9.70. The Morgan fingerprint density at radius 1 is 1.47 bits per heavy atom. The van der Waals surface area contributed by atoms with Gasteiger partial charge in [0.1, 0.15) is 17.2 Å². The second-order valence-electron chi connectivity index (χ2n) is 4.11. The van der Waals surface area contributed by atoms with Gasteiger partial charge in [-0.15, -0.1) is 0 Å². The summed E-state index contributed by atoms with van der Waals surface area (Å²) in [5.41, 5.74) is -0.733. The van der Waals surface area contributed by atoms with Crippen molar-refractivity contribution in [1.82, 2.24) is 0 Å². The first-order chi connectivity index (χ1) is 8.07. The first-order valence-electron chi connectivity index (χ1n) is 5.27. The molecule has 1 aliphatic heterocycles. The van der Waals surface area contributed by atoms with E-state index in [1.165, 1.54) is 25.5 Å². The van der Waals surface area contributed by atoms with Crippen LogP contribution in [0.4, 0.5) is 4.39 Å². The van der Waals surface area contributed by atoms with Crippen molar-refractivity contribution in [3.8, 4) is 5.75 Å². The van der Waals surface area contributed by atoms with Crippen molar-refractivity contribution in [2.75, 3.05) is 7.11 Å². The van der Waals surface area contributed by atoms with Crippen molar-refractivity contribution in [2.45, 2.75) is 18.9 Å². The summed E-state index contributed by atoms with van der Waals surface area (Å²) in [6.45, 7) is 1.68. The van der Waals surface area contributed by atoms with Gasteiger partial charge in [0.25, 0.3) is 0 Å². The van der Waals surface area contributed by atoms with E-state index < -0.39 is 11.4 Å². The Morgan fingerprint density at radius 3 is 2.88 bits per heavy atom. The molecule has 1 heterocycles. The van der Waals surface area contributed by atoms with Crippen molar-refractivity contribution < 1.29 is 18.7 Å². The van der Waals surface area contributed by atoms with E-state index in [0.29, 0.717) is 5.75 Å². The molecule has 0 spiro atoms. The van der Waals surface area contributed by atoms with Gasteiger partial charge in [-0.3, -0.25) is 4.79 Å². The maximum Gasteiger partial charge on any atom is 0.163 e. The molecule has 1 aliphatic rings. The highest BCUT2D eigenvalue weighted by Gasteiger charge is 2.37. The highest BCUT2D eigenvalue weighted by molar-refractivity contribution is 5.91. The third-order valence-corrected chi connectivity index (χ3v) is 2.82. The van der Waals surface area contributed by atoms with Crippen LogP contribution in [0, 0.1) is 5.82 Å². The molecule has 0 fully saturated rings. The maximum absolute atomic E-state index is 13.9. The molecule has 1 unspecified atom stereocenters. The summed E-state index contributed by atoms with van der Waals surface area (Å²) in [6, 6.07) is 4.53. The topological polar surface area (TPSA) is 35.5 Å². The Morgan fingerprint density at radius 2 is 2.24 bits per heavy atom. The summed E-state index contributed by atoms with van der Waals surface area (Å²) in [4.78, 5) is 11.4. The van der Waals surface area contributed by atoms with Crippen LogP contribution in [0.2, 0.25) is 0 Å². The monoisotopic (exact) mass is 236 g/mol. The summed E-state index contributed by atoms with van der Waals surface area (Å²) in [7, 11) is 1.46. The number of hydrogen-bond acceptors (Lipinski definition) is 3. The number of methoxy groups -OCH3 is 1. The molecule has 0 N–H and O–H groups in total. The van der Waals surface area contributed by atoms with Crippen LogP contribution in [0.5, 0.6) is 5.75 Å². The fourth-order valence-electron chi connectivity index (χ4n) is 2.03. The molecule has 0 aromatic heterocycles. The van der Waals surface area contributed by atoms with Gasteiger partial charge in [0.05, 0.1) is 25.4 Å². The lowest BCUT2D eigenvalue weighted by Crippen LogP contribution is -2.31. The van der Waals surface area contributed by atoms with Crippen LogP contribution in [0.3, 0.4) is 0 Å². The molecular weight excluding hydrogens is 223 g/mol. The number of hydrogen-bond donors (Lipinski definition) is 0. The third kappa shape index (κ3) is 2.02. The lowest BCUT2D eigenvalue weighted by molar-refractivity contribution is -0.122. The Labute approximate surface area is 98.8 Å². The molecule has 1 aromatic carbocycles. The van der Waals surface area contributed by atoms with Gasteiger partial charge >= 0.3 is 0 Å². The van der Waals surface area contributed by atoms with Crippen molar-refractivity contribution >= 4 is 5.78 Å². The van der Waals surface area contributed by atoms with Gasteiger partial charge in [-0.05, 0) is 19.1 Å². The fraction of sp³-hybridized carbons (Fsp3) is 0.308. The first kappa shape index (κ1) is 11.6. The summed E-state index contributed by atoms with van der Waals surface area (Å²) < 4.78 is 24.4. The minimum atomic E-state index is -1.01. The summed E-state index contributed by atoms with van der Waals surface area (Å²) in [5, 5.41) is 0. The summed E-state index contributed by atoms with van der Waals surface area (Å²) in [6.07, 6.45) is 2.74. The third-order valence-electron chi connectivity index (χ3n) is 2.82. The van der Waals surface area contributed by atoms with Gasteiger partial charge in [-0.2, -0.15) is 0 Å². The molecule has 4 heteroatoms. The van der Waals surface area contributed by atoms with E-state index >= 15 is 0 Å². The van der Waals surface area contributed by atoms with Crippen LogP contribution in [0.1, 0.15) is 18.9 Å². The summed E-state index contributed by atoms with van der Waals surface area (Å²) in [5.74, 6) is -0.144. The van der Waals surface area contributed by atoms with Gasteiger partial charge in [0, 0.05) is 6.08 Å². The Hall–Kier alpha value is -1.84. The number of benzene rings is 1. The predicted octanol–water partition coefficient (Wildman–Crippen LogP) is 2.55. The zero-order chi connectivity index (χ0) is 12.5. The normalized spacial score (nSPS) is 23.4. The van der Waals surface area contributed by atoms with E-state index in [2.05, 4.69) is 0 Å². The number of ketones is 1. The van der Waals surface area contributed by atoms with Gasteiger partial charge in [0.15, 0.2) is 5.78 Å². The highest BCUT2D eigenvalue weighted by atomic mass is 19.1. The van der Waals surface area contributed by atoms with Crippen molar-refractivity contribution in [1.29, 1.82) is 0 Å². The van der Waals surface area contributed by atoms with Crippen molar-refractivity contribution in [2.24, 2.45) is 0 Å². The smallest absolute Gasteiger partial charge is 0.163 e. The van der Waals surface area contributed by atoms with E-state index in [1.54, 1.807) is 19.1 Å². The van der Waals surface area contributed by atoms with E-state index in [9.17, 15) is 9.18 Å². The molecule has 1 aromatic rings. The molecule has 0 saturated heterocycles. The summed E-state index contributed by atoms with van der Waals surface area (Å²) >= 11 is 0. The Kier molecular flexibility index (Phi) is 2.88. The van der Waals surface area contributed by atoms with E-state index in [-0.39, 0.29) is 17.8 Å². The van der Waals surface area contributed by atoms with Gasteiger partial charge in [0.2, 0.25) is 0 Å². The number of allylic oxidation sites excluding steroid dienone is 1. The lowest BCUT2D eigenvalue weighted by atomic mass is 9.88. The largest absolute Gasteiger partial charge is 0.496 e. The number of ether oxygens (including phenoxy) is 2. The van der Waals surface area contributed by atoms with Crippen LogP contribution in [-0.2, 0) is 15.1 Å². The zero-order valence-corrected chi connectivity index (χ0v) is 9.70. The Bertz CT molecular complexity index is 482. The molecule has 0 amide bonds. The second kappa shape index (κ2) is 4.20. The molecule has 3 nitrogen and oxygen atoms in total. The Balaban J connectivity index is 2.52. The van der Waals surface area contributed by atoms with E-state index in [0.717, 1.165) is 0 Å². The SMILES string of the molecule is COc1cccc(F)c1C1(C)CC(=O)C=CO1. The van der Waals surface area contributed by atoms with E-state index in [1.807, 2.05) is 0 Å². The predicted molar refractivity (Wildman–Crippen MR) is 60.2 cm³/mol. The lowest BCUT2D eigenvalue weighted by Gasteiger charge is -2.32. The average Bonchev–Trinajstić information content (AvgIpc) is 2.27. The number of halogens is 1. The van der Waals surface area contributed by atoms with Crippen molar-refractivity contribution in [3.63, 3.8) is 0 Å². The van der Waals surface area contributed by atoms with Crippen LogP contribution in [-0.4, -0.2) is 12.9 Å². The van der Waals surface area contributed by atoms with Gasteiger partial charge in [-0.1, -0.05) is 6.07 Å². The van der Waals surface area contributed by atoms with E-state index in [4.69, 9.17) is 9.47 Å². The maximum atomic E-state index is 13.9.